The highest BCUT2D eigenvalue weighted by Gasteiger charge is 2.43. The molecule has 4 nitrogen and oxygen atoms in total. The Labute approximate surface area is 104 Å². The van der Waals surface area contributed by atoms with E-state index in [4.69, 9.17) is 17.3 Å². The van der Waals surface area contributed by atoms with Gasteiger partial charge in [0, 0.05) is 16.9 Å². The third-order valence-electron chi connectivity index (χ3n) is 3.20. The van der Waals surface area contributed by atoms with Gasteiger partial charge in [0.1, 0.15) is 0 Å². The maximum absolute atomic E-state index is 12.0. The second kappa shape index (κ2) is 4.04. The summed E-state index contributed by atoms with van der Waals surface area (Å²) < 4.78 is 0. The minimum Gasteiger partial charge on any atom is -0.397 e. The second-order valence-corrected chi connectivity index (χ2v) is 4.73. The van der Waals surface area contributed by atoms with Gasteiger partial charge in [-0.05, 0) is 18.2 Å². The van der Waals surface area contributed by atoms with Crippen LogP contribution in [0.5, 0.6) is 0 Å². The van der Waals surface area contributed by atoms with Crippen molar-refractivity contribution in [2.75, 3.05) is 10.6 Å². The van der Waals surface area contributed by atoms with E-state index >= 15 is 0 Å². The van der Waals surface area contributed by atoms with Crippen LogP contribution >= 0.6 is 11.6 Å². The molecule has 0 saturated carbocycles. The molecule has 2 amide bonds. The first kappa shape index (κ1) is 11.9. The van der Waals surface area contributed by atoms with E-state index in [-0.39, 0.29) is 23.7 Å². The van der Waals surface area contributed by atoms with Crippen molar-refractivity contribution in [3.8, 4) is 0 Å². The second-order valence-electron chi connectivity index (χ2n) is 4.29. The summed E-state index contributed by atoms with van der Waals surface area (Å²) in [7, 11) is 0. The molecular formula is C12H13ClN2O2. The standard InChI is InChI=1S/C12H13ClN2O2/c1-6-7(2)12(17)15(11(6)16)10-4-3-8(13)5-9(10)14/h3-7H,14H2,1-2H3. The van der Waals surface area contributed by atoms with Gasteiger partial charge in [-0.15, -0.1) is 0 Å². The average molecular weight is 253 g/mol. The van der Waals surface area contributed by atoms with Crippen LogP contribution in [0.2, 0.25) is 5.02 Å². The van der Waals surface area contributed by atoms with Crippen LogP contribution in [0.3, 0.4) is 0 Å². The summed E-state index contributed by atoms with van der Waals surface area (Å²) in [4.78, 5) is 25.1. The molecule has 0 aromatic heterocycles. The molecule has 0 bridgehead atoms. The van der Waals surface area contributed by atoms with E-state index in [1.807, 2.05) is 0 Å². The van der Waals surface area contributed by atoms with Crippen LogP contribution in [0, 0.1) is 11.8 Å². The van der Waals surface area contributed by atoms with Gasteiger partial charge in [0.15, 0.2) is 0 Å². The van der Waals surface area contributed by atoms with Crippen molar-refractivity contribution >= 4 is 34.8 Å². The molecule has 90 valence electrons. The van der Waals surface area contributed by atoms with Crippen LogP contribution in [0.1, 0.15) is 13.8 Å². The zero-order chi connectivity index (χ0) is 12.7. The fourth-order valence-corrected chi connectivity index (χ4v) is 2.09. The number of carbonyl (C=O) groups is 2. The van der Waals surface area contributed by atoms with E-state index in [9.17, 15) is 9.59 Å². The summed E-state index contributed by atoms with van der Waals surface area (Å²) in [5.41, 5.74) is 6.54. The Morgan fingerprint density at radius 3 is 2.18 bits per heavy atom. The van der Waals surface area contributed by atoms with Crippen LogP contribution in [0.25, 0.3) is 0 Å². The van der Waals surface area contributed by atoms with Gasteiger partial charge in [0.25, 0.3) is 0 Å². The molecule has 1 aromatic carbocycles. The third-order valence-corrected chi connectivity index (χ3v) is 3.44. The van der Waals surface area contributed by atoms with Crippen LogP contribution in [0.15, 0.2) is 18.2 Å². The van der Waals surface area contributed by atoms with Gasteiger partial charge in [-0.3, -0.25) is 9.59 Å². The van der Waals surface area contributed by atoms with Gasteiger partial charge in [-0.25, -0.2) is 4.90 Å². The molecule has 2 N–H and O–H groups in total. The van der Waals surface area contributed by atoms with E-state index in [1.54, 1.807) is 26.0 Å². The number of benzene rings is 1. The quantitative estimate of drug-likeness (QED) is 0.615. The summed E-state index contributed by atoms with van der Waals surface area (Å²) in [5, 5.41) is 0.478. The number of halogens is 1. The first-order chi connectivity index (χ1) is 7.93. The predicted molar refractivity (Wildman–Crippen MR) is 66.7 cm³/mol. The van der Waals surface area contributed by atoms with E-state index in [0.717, 1.165) is 4.90 Å². The normalized spacial score (nSPS) is 24.5. The van der Waals surface area contributed by atoms with Crippen LogP contribution in [-0.4, -0.2) is 11.8 Å². The Morgan fingerprint density at radius 2 is 1.71 bits per heavy atom. The highest BCUT2D eigenvalue weighted by molar-refractivity contribution is 6.31. The van der Waals surface area contributed by atoms with E-state index < -0.39 is 0 Å². The first-order valence-electron chi connectivity index (χ1n) is 5.36. The molecule has 1 heterocycles. The topological polar surface area (TPSA) is 63.4 Å². The lowest BCUT2D eigenvalue weighted by molar-refractivity contribution is -0.122. The van der Waals surface area contributed by atoms with E-state index in [1.165, 1.54) is 6.07 Å². The van der Waals surface area contributed by atoms with Gasteiger partial charge in [0.05, 0.1) is 11.4 Å². The fraction of sp³-hybridized carbons (Fsp3) is 0.333. The van der Waals surface area contributed by atoms with Gasteiger partial charge >= 0.3 is 0 Å². The summed E-state index contributed by atoms with van der Waals surface area (Å²) in [6.07, 6.45) is 0. The average Bonchev–Trinajstić information content (AvgIpc) is 2.45. The molecule has 2 rings (SSSR count). The van der Waals surface area contributed by atoms with E-state index in [0.29, 0.717) is 16.4 Å². The van der Waals surface area contributed by atoms with Crippen molar-refractivity contribution in [1.82, 2.24) is 0 Å². The van der Waals surface area contributed by atoms with Crippen LogP contribution in [-0.2, 0) is 9.59 Å². The molecule has 17 heavy (non-hydrogen) atoms. The molecule has 0 spiro atoms. The number of imide groups is 1. The van der Waals surface area contributed by atoms with Crippen molar-refractivity contribution in [3.63, 3.8) is 0 Å². The predicted octanol–water partition coefficient (Wildman–Crippen LogP) is 2.07. The van der Waals surface area contributed by atoms with Gasteiger partial charge in [0.2, 0.25) is 11.8 Å². The maximum Gasteiger partial charge on any atom is 0.237 e. The Balaban J connectivity index is 2.47. The van der Waals surface area contributed by atoms with Gasteiger partial charge < -0.3 is 5.73 Å². The minimum atomic E-state index is -0.308. The number of nitrogens with two attached hydrogens (primary N) is 1. The Bertz CT molecular complexity index is 481. The number of anilines is 2. The maximum atomic E-state index is 12.0. The minimum absolute atomic E-state index is 0.212. The van der Waals surface area contributed by atoms with Crippen molar-refractivity contribution in [1.29, 1.82) is 0 Å². The molecule has 1 aliphatic rings. The molecule has 2 atom stereocenters. The largest absolute Gasteiger partial charge is 0.397 e. The zero-order valence-corrected chi connectivity index (χ0v) is 10.4. The highest BCUT2D eigenvalue weighted by atomic mass is 35.5. The number of amides is 2. The number of hydrogen-bond donors (Lipinski definition) is 1. The molecule has 1 aliphatic heterocycles. The Morgan fingerprint density at radius 1 is 1.18 bits per heavy atom. The van der Waals surface area contributed by atoms with Crippen molar-refractivity contribution in [2.24, 2.45) is 11.8 Å². The molecule has 1 saturated heterocycles. The number of nitrogen functional groups attached to an aromatic ring is 1. The zero-order valence-electron chi connectivity index (χ0n) is 9.61. The van der Waals surface area contributed by atoms with Crippen molar-refractivity contribution in [3.05, 3.63) is 23.2 Å². The highest BCUT2D eigenvalue weighted by Crippen LogP contribution is 2.34. The number of rotatable bonds is 1. The molecule has 1 aromatic rings. The van der Waals surface area contributed by atoms with Crippen molar-refractivity contribution < 1.29 is 9.59 Å². The monoisotopic (exact) mass is 252 g/mol. The Kier molecular flexibility index (Phi) is 2.83. The lowest BCUT2D eigenvalue weighted by atomic mass is 10.00. The first-order valence-corrected chi connectivity index (χ1v) is 5.74. The van der Waals surface area contributed by atoms with Gasteiger partial charge in [-0.2, -0.15) is 0 Å². The lowest BCUT2D eigenvalue weighted by Crippen LogP contribution is -2.31. The lowest BCUT2D eigenvalue weighted by Gasteiger charge is -2.16. The molecule has 0 aliphatic carbocycles. The third kappa shape index (κ3) is 1.78. The fourth-order valence-electron chi connectivity index (χ4n) is 1.91. The number of nitrogens with zero attached hydrogens (tertiary/aromatic N) is 1. The molecule has 1 fully saturated rings. The van der Waals surface area contributed by atoms with Crippen LogP contribution < -0.4 is 10.6 Å². The Hall–Kier alpha value is -1.55. The van der Waals surface area contributed by atoms with Crippen molar-refractivity contribution in [2.45, 2.75) is 13.8 Å². The SMILES string of the molecule is CC1C(=O)N(c2ccc(Cl)cc2N)C(=O)C1C. The summed E-state index contributed by atoms with van der Waals surface area (Å²) in [5.74, 6) is -1.04. The molecule has 0 radical (unpaired) electrons. The number of carbonyl (C=O) groups excluding carboxylic acids is 2. The smallest absolute Gasteiger partial charge is 0.237 e. The van der Waals surface area contributed by atoms with E-state index in [2.05, 4.69) is 0 Å². The molecule has 2 unspecified atom stereocenters. The molecular weight excluding hydrogens is 240 g/mol. The number of hydrogen-bond acceptors (Lipinski definition) is 3. The van der Waals surface area contributed by atoms with Crippen LogP contribution in [0.4, 0.5) is 11.4 Å². The summed E-state index contributed by atoms with van der Waals surface area (Å²) >= 11 is 5.79. The van der Waals surface area contributed by atoms with Gasteiger partial charge in [-0.1, -0.05) is 25.4 Å². The summed E-state index contributed by atoms with van der Waals surface area (Å²) in [6.45, 7) is 3.49. The molecule has 5 heteroatoms. The summed E-state index contributed by atoms with van der Waals surface area (Å²) in [6, 6.07) is 4.74.